The van der Waals surface area contributed by atoms with Crippen LogP contribution >= 0.6 is 0 Å². The Morgan fingerprint density at radius 2 is 2.00 bits per heavy atom. The molecular formula is C14H18N4O2. The molecule has 3 rings (SSSR count). The van der Waals surface area contributed by atoms with E-state index in [1.165, 1.54) is 4.90 Å². The van der Waals surface area contributed by atoms with Crippen LogP contribution in [0.1, 0.15) is 18.4 Å². The number of nitrogen functional groups attached to an aromatic ring is 1. The number of nitrogens with two attached hydrogens (primary N) is 1. The van der Waals surface area contributed by atoms with Gasteiger partial charge in [0.2, 0.25) is 0 Å². The van der Waals surface area contributed by atoms with Gasteiger partial charge in [-0.2, -0.15) is 0 Å². The molecule has 106 valence electrons. The van der Waals surface area contributed by atoms with Crippen LogP contribution in [0.25, 0.3) is 0 Å². The van der Waals surface area contributed by atoms with Crippen LogP contribution in [-0.4, -0.2) is 40.9 Å². The van der Waals surface area contributed by atoms with Gasteiger partial charge in [0.15, 0.2) is 0 Å². The maximum atomic E-state index is 12.2. The van der Waals surface area contributed by atoms with Gasteiger partial charge in [0.05, 0.1) is 0 Å². The van der Waals surface area contributed by atoms with E-state index in [1.54, 1.807) is 4.90 Å². The number of rotatable bonds is 4. The Hall–Kier alpha value is -2.08. The summed E-state index contributed by atoms with van der Waals surface area (Å²) in [6, 6.07) is 7.31. The van der Waals surface area contributed by atoms with Crippen LogP contribution in [0.4, 0.5) is 10.5 Å². The third kappa shape index (κ3) is 2.12. The maximum absolute atomic E-state index is 12.2. The summed E-state index contributed by atoms with van der Waals surface area (Å²) in [7, 11) is 0. The lowest BCUT2D eigenvalue weighted by molar-refractivity contribution is -0.127. The highest BCUT2D eigenvalue weighted by Crippen LogP contribution is 2.27. The molecule has 2 saturated heterocycles. The molecule has 2 aliphatic rings. The van der Waals surface area contributed by atoms with Crippen molar-refractivity contribution in [3.05, 3.63) is 29.8 Å². The third-order valence-corrected chi connectivity index (χ3v) is 4.03. The van der Waals surface area contributed by atoms with E-state index < -0.39 is 0 Å². The number of anilines is 1. The molecule has 1 aromatic carbocycles. The fourth-order valence-corrected chi connectivity index (χ4v) is 2.90. The first-order valence-corrected chi connectivity index (χ1v) is 6.88. The largest absolute Gasteiger partial charge is 0.327 e. The molecule has 0 bridgehead atoms. The Bertz CT molecular complexity index is 506. The molecule has 3 N–H and O–H groups in total. The second-order valence-corrected chi connectivity index (χ2v) is 5.22. The van der Waals surface area contributed by atoms with Gasteiger partial charge in [0, 0.05) is 18.8 Å². The molecule has 1 unspecified atom stereocenters. The van der Waals surface area contributed by atoms with Gasteiger partial charge in [-0.1, -0.05) is 12.1 Å². The Kier molecular flexibility index (Phi) is 3.31. The van der Waals surface area contributed by atoms with Crippen LogP contribution in [0.5, 0.6) is 0 Å². The number of amides is 3. The van der Waals surface area contributed by atoms with E-state index in [0.717, 1.165) is 24.1 Å². The van der Waals surface area contributed by atoms with Crippen molar-refractivity contribution in [3.63, 3.8) is 0 Å². The lowest BCUT2D eigenvalue weighted by Crippen LogP contribution is -2.34. The zero-order valence-electron chi connectivity index (χ0n) is 11.2. The van der Waals surface area contributed by atoms with Crippen molar-refractivity contribution < 1.29 is 9.59 Å². The predicted octanol–water partition coefficient (Wildman–Crippen LogP) is 0.941. The average molecular weight is 274 g/mol. The molecule has 6 heteroatoms. The lowest BCUT2D eigenvalue weighted by atomic mass is 10.1. The number of fused-ring (bicyclic) bond motifs is 1. The minimum absolute atomic E-state index is 0.0345. The van der Waals surface area contributed by atoms with Gasteiger partial charge in [0.1, 0.15) is 6.04 Å². The number of urea groups is 1. The van der Waals surface area contributed by atoms with Gasteiger partial charge >= 0.3 is 6.03 Å². The monoisotopic (exact) mass is 274 g/mol. The SMILES string of the molecule is NNc1ccc(CCN2C(=O)C3CCCN3C2=O)cc1. The van der Waals surface area contributed by atoms with Gasteiger partial charge in [-0.25, -0.2) is 4.79 Å². The van der Waals surface area contributed by atoms with Crippen LogP contribution < -0.4 is 11.3 Å². The van der Waals surface area contributed by atoms with E-state index in [4.69, 9.17) is 5.84 Å². The molecule has 0 aliphatic carbocycles. The number of carbonyl (C=O) groups excluding carboxylic acids is 2. The Labute approximate surface area is 117 Å². The number of carbonyl (C=O) groups is 2. The van der Waals surface area contributed by atoms with E-state index in [9.17, 15) is 9.59 Å². The van der Waals surface area contributed by atoms with Crippen molar-refractivity contribution in [2.45, 2.75) is 25.3 Å². The molecule has 2 fully saturated rings. The third-order valence-electron chi connectivity index (χ3n) is 4.03. The van der Waals surface area contributed by atoms with Crippen molar-refractivity contribution in [1.29, 1.82) is 0 Å². The molecule has 0 spiro atoms. The summed E-state index contributed by atoms with van der Waals surface area (Å²) in [5.41, 5.74) is 4.48. The second kappa shape index (κ2) is 5.13. The highest BCUT2D eigenvalue weighted by molar-refractivity contribution is 6.04. The summed E-state index contributed by atoms with van der Waals surface area (Å²) in [5, 5.41) is 0. The second-order valence-electron chi connectivity index (χ2n) is 5.22. The highest BCUT2D eigenvalue weighted by Gasteiger charge is 2.46. The van der Waals surface area contributed by atoms with E-state index in [1.807, 2.05) is 24.3 Å². The molecule has 1 atom stereocenters. The molecule has 0 saturated carbocycles. The Morgan fingerprint density at radius 3 is 2.65 bits per heavy atom. The van der Waals surface area contributed by atoms with Gasteiger partial charge in [-0.3, -0.25) is 15.5 Å². The number of hydrazine groups is 1. The first-order chi connectivity index (χ1) is 9.70. The molecule has 20 heavy (non-hydrogen) atoms. The topological polar surface area (TPSA) is 78.7 Å². The molecule has 1 aromatic rings. The van der Waals surface area contributed by atoms with Crippen molar-refractivity contribution in [2.24, 2.45) is 5.84 Å². The summed E-state index contributed by atoms with van der Waals surface area (Å²) in [6.07, 6.45) is 2.41. The van der Waals surface area contributed by atoms with Gasteiger partial charge in [-0.15, -0.1) is 0 Å². The minimum atomic E-state index is -0.202. The number of nitrogens with one attached hydrogen (secondary N) is 1. The maximum Gasteiger partial charge on any atom is 0.327 e. The van der Waals surface area contributed by atoms with E-state index >= 15 is 0 Å². The number of imide groups is 1. The summed E-state index contributed by atoms with van der Waals surface area (Å²) in [4.78, 5) is 27.4. The van der Waals surface area contributed by atoms with Crippen molar-refractivity contribution in [1.82, 2.24) is 9.80 Å². The number of benzene rings is 1. The predicted molar refractivity (Wildman–Crippen MR) is 74.8 cm³/mol. The lowest BCUT2D eigenvalue weighted by Gasteiger charge is -2.15. The quantitative estimate of drug-likeness (QED) is 0.486. The number of nitrogens with zero attached hydrogens (tertiary/aromatic N) is 2. The number of hydrogen-bond donors (Lipinski definition) is 2. The summed E-state index contributed by atoms with van der Waals surface area (Å²) < 4.78 is 0. The smallest absolute Gasteiger partial charge is 0.324 e. The zero-order valence-corrected chi connectivity index (χ0v) is 11.2. The first-order valence-electron chi connectivity index (χ1n) is 6.88. The van der Waals surface area contributed by atoms with Crippen LogP contribution in [0.3, 0.4) is 0 Å². The fourth-order valence-electron chi connectivity index (χ4n) is 2.90. The van der Waals surface area contributed by atoms with Crippen molar-refractivity contribution in [3.8, 4) is 0 Å². The van der Waals surface area contributed by atoms with Crippen LogP contribution in [-0.2, 0) is 11.2 Å². The minimum Gasteiger partial charge on any atom is -0.324 e. The van der Waals surface area contributed by atoms with E-state index in [2.05, 4.69) is 5.43 Å². The van der Waals surface area contributed by atoms with E-state index in [-0.39, 0.29) is 18.0 Å². The van der Waals surface area contributed by atoms with Gasteiger partial charge < -0.3 is 10.3 Å². The fraction of sp³-hybridized carbons (Fsp3) is 0.429. The molecule has 3 amide bonds. The first kappa shape index (κ1) is 12.9. The van der Waals surface area contributed by atoms with Crippen molar-refractivity contribution >= 4 is 17.6 Å². The molecule has 6 nitrogen and oxygen atoms in total. The Morgan fingerprint density at radius 1 is 1.25 bits per heavy atom. The van der Waals surface area contributed by atoms with Crippen LogP contribution in [0.2, 0.25) is 0 Å². The molecular weight excluding hydrogens is 256 g/mol. The highest BCUT2D eigenvalue weighted by atomic mass is 16.2. The molecule has 2 heterocycles. The average Bonchev–Trinajstić information content (AvgIpc) is 3.03. The van der Waals surface area contributed by atoms with Gasteiger partial charge in [0.25, 0.3) is 5.91 Å². The van der Waals surface area contributed by atoms with Gasteiger partial charge in [-0.05, 0) is 37.0 Å². The molecule has 0 radical (unpaired) electrons. The van der Waals surface area contributed by atoms with Crippen LogP contribution in [0, 0.1) is 0 Å². The van der Waals surface area contributed by atoms with Crippen molar-refractivity contribution in [2.75, 3.05) is 18.5 Å². The summed E-state index contributed by atoms with van der Waals surface area (Å²) in [6.45, 7) is 1.16. The normalized spacial score (nSPS) is 21.6. The standard InChI is InChI=1S/C14H18N4O2/c15-16-11-5-3-10(4-6-11)7-9-18-13(19)12-2-1-8-17(12)14(18)20/h3-6,12,16H,1-2,7-9,15H2. The zero-order chi connectivity index (χ0) is 14.1. The molecule has 2 aliphatic heterocycles. The van der Waals surface area contributed by atoms with Crippen LogP contribution in [0.15, 0.2) is 24.3 Å². The number of hydrogen-bond acceptors (Lipinski definition) is 4. The van der Waals surface area contributed by atoms with E-state index in [0.29, 0.717) is 19.5 Å². The summed E-state index contributed by atoms with van der Waals surface area (Å²) >= 11 is 0. The molecule has 0 aromatic heterocycles. The Balaban J connectivity index is 1.63. The summed E-state index contributed by atoms with van der Waals surface area (Å²) in [5.74, 6) is 5.27.